The van der Waals surface area contributed by atoms with Crippen molar-refractivity contribution in [1.82, 2.24) is 9.03 Å². The zero-order chi connectivity index (χ0) is 18.0. The Morgan fingerprint density at radius 3 is 2.68 bits per heavy atom. The van der Waals surface area contributed by atoms with Gasteiger partial charge in [-0.2, -0.15) is 22.7 Å². The van der Waals surface area contributed by atoms with Crippen molar-refractivity contribution in [3.8, 4) is 6.07 Å². The zero-order valence-corrected chi connectivity index (χ0v) is 14.2. The van der Waals surface area contributed by atoms with Crippen LogP contribution in [0.3, 0.4) is 0 Å². The summed E-state index contributed by atoms with van der Waals surface area (Å²) in [4.78, 5) is 12.6. The van der Waals surface area contributed by atoms with Crippen LogP contribution in [0.15, 0.2) is 47.1 Å². The Hall–Kier alpha value is -2.67. The minimum atomic E-state index is -3.81. The van der Waals surface area contributed by atoms with Crippen LogP contribution in [0.25, 0.3) is 0 Å². The molecular weight excluding hydrogens is 344 g/mol. The molecule has 0 spiro atoms. The SMILES string of the molecule is CN1[C@H](C(=O)Nc2ccc(C#N)cc2)C[C@@H](c2ccco2)NS1(=O)=O. The van der Waals surface area contributed by atoms with Gasteiger partial charge in [-0.25, -0.2) is 0 Å². The number of carbonyl (C=O) groups excluding carboxylic acids is 1. The molecular formula is C16H16N4O4S. The van der Waals surface area contributed by atoms with Gasteiger partial charge in [-0.1, -0.05) is 0 Å². The summed E-state index contributed by atoms with van der Waals surface area (Å²) in [6.07, 6.45) is 1.68. The quantitative estimate of drug-likeness (QED) is 0.858. The molecule has 1 aliphatic rings. The van der Waals surface area contributed by atoms with Crippen LogP contribution in [0.2, 0.25) is 0 Å². The molecule has 1 saturated heterocycles. The van der Waals surface area contributed by atoms with Crippen LogP contribution < -0.4 is 10.0 Å². The maximum absolute atomic E-state index is 12.6. The Kier molecular flexibility index (Phi) is 4.59. The average molecular weight is 360 g/mol. The highest BCUT2D eigenvalue weighted by Gasteiger charge is 2.41. The van der Waals surface area contributed by atoms with E-state index in [4.69, 9.17) is 9.68 Å². The Bertz CT molecular complexity index is 901. The third-order valence-corrected chi connectivity index (χ3v) is 5.63. The second kappa shape index (κ2) is 6.68. The molecule has 25 heavy (non-hydrogen) atoms. The van der Waals surface area contributed by atoms with Crippen molar-refractivity contribution in [3.63, 3.8) is 0 Å². The topological polar surface area (TPSA) is 115 Å². The van der Waals surface area contributed by atoms with Gasteiger partial charge in [-0.15, -0.1) is 0 Å². The number of nitrogens with zero attached hydrogens (tertiary/aromatic N) is 2. The maximum Gasteiger partial charge on any atom is 0.280 e. The molecule has 0 bridgehead atoms. The predicted molar refractivity (Wildman–Crippen MR) is 89.5 cm³/mol. The van der Waals surface area contributed by atoms with E-state index in [-0.39, 0.29) is 6.42 Å². The van der Waals surface area contributed by atoms with E-state index in [2.05, 4.69) is 10.0 Å². The van der Waals surface area contributed by atoms with Crippen molar-refractivity contribution in [2.45, 2.75) is 18.5 Å². The fraction of sp³-hybridized carbons (Fsp3) is 0.250. The molecule has 130 valence electrons. The summed E-state index contributed by atoms with van der Waals surface area (Å²) in [6.45, 7) is 0. The second-order valence-electron chi connectivity index (χ2n) is 5.64. The highest BCUT2D eigenvalue weighted by Crippen LogP contribution is 2.28. The van der Waals surface area contributed by atoms with Gasteiger partial charge in [0.25, 0.3) is 10.2 Å². The first-order valence-corrected chi connectivity index (χ1v) is 8.94. The Morgan fingerprint density at radius 1 is 1.36 bits per heavy atom. The lowest BCUT2D eigenvalue weighted by Crippen LogP contribution is -2.55. The third kappa shape index (κ3) is 3.56. The van der Waals surface area contributed by atoms with Crippen LogP contribution in [-0.4, -0.2) is 31.7 Å². The van der Waals surface area contributed by atoms with Gasteiger partial charge in [-0.3, -0.25) is 4.79 Å². The fourth-order valence-electron chi connectivity index (χ4n) is 2.64. The summed E-state index contributed by atoms with van der Waals surface area (Å²) >= 11 is 0. The van der Waals surface area contributed by atoms with E-state index < -0.39 is 28.2 Å². The number of amides is 1. The molecule has 2 N–H and O–H groups in total. The minimum absolute atomic E-state index is 0.228. The summed E-state index contributed by atoms with van der Waals surface area (Å²) in [5.74, 6) is 0.00156. The number of nitriles is 1. The van der Waals surface area contributed by atoms with Gasteiger partial charge >= 0.3 is 0 Å². The molecule has 1 aliphatic heterocycles. The van der Waals surface area contributed by atoms with Gasteiger partial charge in [0, 0.05) is 12.7 Å². The predicted octanol–water partition coefficient (Wildman–Crippen LogP) is 1.37. The monoisotopic (exact) mass is 360 g/mol. The van der Waals surface area contributed by atoms with E-state index in [1.807, 2.05) is 6.07 Å². The highest BCUT2D eigenvalue weighted by atomic mass is 32.2. The van der Waals surface area contributed by atoms with Crippen LogP contribution in [0, 0.1) is 11.3 Å². The van der Waals surface area contributed by atoms with E-state index in [1.54, 1.807) is 36.4 Å². The fourth-order valence-corrected chi connectivity index (χ4v) is 3.89. The van der Waals surface area contributed by atoms with Gasteiger partial charge in [0.15, 0.2) is 0 Å². The van der Waals surface area contributed by atoms with Crippen molar-refractivity contribution < 1.29 is 17.6 Å². The smallest absolute Gasteiger partial charge is 0.280 e. The first-order valence-electron chi connectivity index (χ1n) is 7.50. The molecule has 8 nitrogen and oxygen atoms in total. The van der Waals surface area contributed by atoms with Gasteiger partial charge in [0.1, 0.15) is 11.8 Å². The molecule has 1 amide bonds. The van der Waals surface area contributed by atoms with E-state index >= 15 is 0 Å². The van der Waals surface area contributed by atoms with Crippen molar-refractivity contribution in [2.75, 3.05) is 12.4 Å². The van der Waals surface area contributed by atoms with Crippen LogP contribution in [0.5, 0.6) is 0 Å². The number of likely N-dealkylation sites (N-methyl/N-ethyl adjacent to an activating group) is 1. The van der Waals surface area contributed by atoms with Gasteiger partial charge < -0.3 is 9.73 Å². The lowest BCUT2D eigenvalue weighted by molar-refractivity contribution is -0.120. The van der Waals surface area contributed by atoms with E-state index in [0.717, 1.165) is 4.31 Å². The summed E-state index contributed by atoms with van der Waals surface area (Å²) in [5, 5.41) is 11.5. The molecule has 0 saturated carbocycles. The van der Waals surface area contributed by atoms with Crippen LogP contribution in [0.1, 0.15) is 23.8 Å². The Labute approximate surface area is 145 Å². The molecule has 9 heteroatoms. The number of hydrogen-bond donors (Lipinski definition) is 2. The Balaban J connectivity index is 1.80. The van der Waals surface area contributed by atoms with Crippen LogP contribution >= 0.6 is 0 Å². The van der Waals surface area contributed by atoms with E-state index in [9.17, 15) is 13.2 Å². The molecule has 0 unspecified atom stereocenters. The number of carbonyl (C=O) groups is 1. The number of furan rings is 1. The summed E-state index contributed by atoms with van der Waals surface area (Å²) in [6, 6.07) is 10.1. The number of benzene rings is 1. The van der Waals surface area contributed by atoms with Crippen LogP contribution in [0.4, 0.5) is 5.69 Å². The van der Waals surface area contributed by atoms with Crippen molar-refractivity contribution >= 4 is 21.8 Å². The largest absolute Gasteiger partial charge is 0.468 e. The summed E-state index contributed by atoms with van der Waals surface area (Å²) in [5.41, 5.74) is 0.959. The summed E-state index contributed by atoms with van der Waals surface area (Å²) in [7, 11) is -2.46. The lowest BCUT2D eigenvalue weighted by atomic mass is 10.0. The molecule has 0 radical (unpaired) electrons. The number of hydrogen-bond acceptors (Lipinski definition) is 5. The highest BCUT2D eigenvalue weighted by molar-refractivity contribution is 7.87. The van der Waals surface area contributed by atoms with Gasteiger partial charge in [0.05, 0.1) is 23.9 Å². The van der Waals surface area contributed by atoms with Gasteiger partial charge in [0.2, 0.25) is 5.91 Å². The Morgan fingerprint density at radius 2 is 2.08 bits per heavy atom. The van der Waals surface area contributed by atoms with Crippen molar-refractivity contribution in [1.29, 1.82) is 5.26 Å². The lowest BCUT2D eigenvalue weighted by Gasteiger charge is -2.35. The van der Waals surface area contributed by atoms with E-state index in [1.165, 1.54) is 13.3 Å². The van der Waals surface area contributed by atoms with E-state index in [0.29, 0.717) is 17.0 Å². The number of nitrogens with one attached hydrogen (secondary N) is 2. The van der Waals surface area contributed by atoms with Gasteiger partial charge in [-0.05, 0) is 42.8 Å². The third-order valence-electron chi connectivity index (χ3n) is 4.04. The maximum atomic E-state index is 12.6. The molecule has 0 aliphatic carbocycles. The minimum Gasteiger partial charge on any atom is -0.468 e. The number of rotatable bonds is 3. The first kappa shape index (κ1) is 17.2. The molecule has 2 aromatic rings. The first-order chi connectivity index (χ1) is 11.9. The molecule has 3 rings (SSSR count). The molecule has 1 aromatic heterocycles. The van der Waals surface area contributed by atoms with Crippen LogP contribution in [-0.2, 0) is 15.0 Å². The molecule has 1 aromatic carbocycles. The van der Waals surface area contributed by atoms with Crippen molar-refractivity contribution in [3.05, 3.63) is 54.0 Å². The standard InChI is InChI=1S/C16H16N4O4S/c1-20-14(16(21)18-12-6-4-11(10-17)5-7-12)9-13(19-25(20,22)23)15-3-2-8-24-15/h2-8,13-14,19H,9H2,1H3,(H,18,21)/t13-,14-/m0/s1. The van der Waals surface area contributed by atoms with Crippen molar-refractivity contribution in [2.24, 2.45) is 0 Å². The molecule has 2 atom stereocenters. The molecule has 1 fully saturated rings. The zero-order valence-electron chi connectivity index (χ0n) is 13.3. The average Bonchev–Trinajstić information content (AvgIpc) is 3.12. The summed E-state index contributed by atoms with van der Waals surface area (Å²) < 4.78 is 33.4. The normalized spacial score (nSPS) is 22.9. The second-order valence-corrected chi connectivity index (χ2v) is 7.40. The molecule has 2 heterocycles. The number of anilines is 1.